The van der Waals surface area contributed by atoms with Gasteiger partial charge in [-0.3, -0.25) is 4.79 Å². The molecule has 0 unspecified atom stereocenters. The second-order valence-corrected chi connectivity index (χ2v) is 9.57. The fraction of sp³-hybridized carbons (Fsp3) is 0.636. The van der Waals surface area contributed by atoms with Gasteiger partial charge in [-0.25, -0.2) is 4.98 Å². The molecule has 1 aliphatic carbocycles. The highest BCUT2D eigenvalue weighted by Gasteiger charge is 2.30. The minimum Gasteiger partial charge on any atom is -0.353 e. The number of piperidine rings is 1. The molecular weight excluding hydrogens is 354 g/mol. The van der Waals surface area contributed by atoms with Crippen LogP contribution in [0.1, 0.15) is 56.6 Å². The number of thiazole rings is 1. The summed E-state index contributed by atoms with van der Waals surface area (Å²) in [6.45, 7) is 8.42. The maximum absolute atomic E-state index is 12.7. The van der Waals surface area contributed by atoms with Crippen LogP contribution < -0.4 is 10.2 Å². The minimum atomic E-state index is 0.161. The van der Waals surface area contributed by atoms with E-state index in [4.69, 9.17) is 4.98 Å². The van der Waals surface area contributed by atoms with E-state index in [-0.39, 0.29) is 11.8 Å². The van der Waals surface area contributed by atoms with Crippen molar-refractivity contribution in [1.82, 2.24) is 10.3 Å². The summed E-state index contributed by atoms with van der Waals surface area (Å²) in [5.74, 6) is 1.06. The topological polar surface area (TPSA) is 45.2 Å². The first-order chi connectivity index (χ1) is 13.0. The first-order valence-electron chi connectivity index (χ1n) is 10.4. The van der Waals surface area contributed by atoms with E-state index < -0.39 is 0 Å². The van der Waals surface area contributed by atoms with E-state index in [2.05, 4.69) is 43.1 Å². The van der Waals surface area contributed by atoms with E-state index >= 15 is 0 Å². The van der Waals surface area contributed by atoms with Crippen LogP contribution in [0.4, 0.5) is 5.13 Å². The molecule has 146 valence electrons. The van der Waals surface area contributed by atoms with Crippen LogP contribution in [-0.2, 0) is 4.79 Å². The maximum Gasteiger partial charge on any atom is 0.223 e. The summed E-state index contributed by atoms with van der Waals surface area (Å²) in [5, 5.41) is 4.47. The Balaban J connectivity index is 1.37. The number of anilines is 1. The standard InChI is InChI=1S/C22H31N3OS/c1-14-12-16(3)20-19(13-14)27-22(24-20)25-10-8-17(9-11-25)21(26)23-18-7-5-4-6-15(18)2/h12-13,15,17-18H,4-11H2,1-3H3,(H,23,26)/t15-,18+/m0/s1. The lowest BCUT2D eigenvalue weighted by Gasteiger charge is -2.34. The molecule has 4 rings (SSSR count). The third kappa shape index (κ3) is 3.98. The molecule has 5 heteroatoms. The molecule has 2 aromatic rings. The largest absolute Gasteiger partial charge is 0.353 e. The average molecular weight is 386 g/mol. The molecule has 4 nitrogen and oxygen atoms in total. The Morgan fingerprint density at radius 2 is 1.89 bits per heavy atom. The lowest BCUT2D eigenvalue weighted by molar-refractivity contribution is -0.126. The van der Waals surface area contributed by atoms with E-state index in [0.717, 1.165) is 43.0 Å². The van der Waals surface area contributed by atoms with Gasteiger partial charge in [0, 0.05) is 25.0 Å². The summed E-state index contributed by atoms with van der Waals surface area (Å²) in [6, 6.07) is 4.82. The normalized spacial score (nSPS) is 24.3. The summed E-state index contributed by atoms with van der Waals surface area (Å²) < 4.78 is 1.27. The van der Waals surface area contributed by atoms with Crippen molar-refractivity contribution in [3.63, 3.8) is 0 Å². The molecular formula is C22H31N3OS. The van der Waals surface area contributed by atoms with E-state index in [1.807, 2.05) is 0 Å². The van der Waals surface area contributed by atoms with Crippen molar-refractivity contribution in [2.45, 2.75) is 65.3 Å². The van der Waals surface area contributed by atoms with Crippen molar-refractivity contribution in [3.8, 4) is 0 Å². The van der Waals surface area contributed by atoms with Crippen LogP contribution in [0, 0.1) is 25.7 Å². The lowest BCUT2D eigenvalue weighted by Crippen LogP contribution is -2.46. The van der Waals surface area contributed by atoms with E-state index in [9.17, 15) is 4.79 Å². The predicted molar refractivity (Wildman–Crippen MR) is 114 cm³/mol. The van der Waals surface area contributed by atoms with Crippen molar-refractivity contribution in [3.05, 3.63) is 23.3 Å². The summed E-state index contributed by atoms with van der Waals surface area (Å²) in [6.07, 6.45) is 6.83. The van der Waals surface area contributed by atoms with Crippen LogP contribution in [0.25, 0.3) is 10.2 Å². The van der Waals surface area contributed by atoms with Crippen LogP contribution in [0.5, 0.6) is 0 Å². The number of carbonyl (C=O) groups excluding carboxylic acids is 1. The van der Waals surface area contributed by atoms with Crippen molar-refractivity contribution >= 4 is 32.6 Å². The van der Waals surface area contributed by atoms with Gasteiger partial charge < -0.3 is 10.2 Å². The summed E-state index contributed by atoms with van der Waals surface area (Å²) >= 11 is 1.78. The second kappa shape index (κ2) is 7.78. The number of nitrogens with zero attached hydrogens (tertiary/aromatic N) is 2. The van der Waals surface area contributed by atoms with Gasteiger partial charge in [0.15, 0.2) is 5.13 Å². The lowest BCUT2D eigenvalue weighted by atomic mass is 9.85. The minimum absolute atomic E-state index is 0.161. The molecule has 1 amide bonds. The Morgan fingerprint density at radius 1 is 1.15 bits per heavy atom. The van der Waals surface area contributed by atoms with Gasteiger partial charge in [-0.15, -0.1) is 0 Å². The van der Waals surface area contributed by atoms with E-state index in [0.29, 0.717) is 12.0 Å². The second-order valence-electron chi connectivity index (χ2n) is 8.56. The monoisotopic (exact) mass is 385 g/mol. The fourth-order valence-electron chi connectivity index (χ4n) is 4.66. The van der Waals surface area contributed by atoms with E-state index in [1.165, 1.54) is 35.1 Å². The number of rotatable bonds is 3. The van der Waals surface area contributed by atoms with Crippen LogP contribution in [0.2, 0.25) is 0 Å². The SMILES string of the molecule is Cc1cc(C)c2nc(N3CCC(C(=O)N[C@@H]4CCCC[C@@H]4C)CC3)sc2c1. The van der Waals surface area contributed by atoms with Gasteiger partial charge in [0.25, 0.3) is 0 Å². The van der Waals surface area contributed by atoms with Crippen LogP contribution >= 0.6 is 11.3 Å². The number of fused-ring (bicyclic) bond motifs is 1. The van der Waals surface area contributed by atoms with Gasteiger partial charge in [0.2, 0.25) is 5.91 Å². The highest BCUT2D eigenvalue weighted by atomic mass is 32.1. The molecule has 0 radical (unpaired) electrons. The number of aryl methyl sites for hydroxylation is 2. The zero-order chi connectivity index (χ0) is 19.0. The van der Waals surface area contributed by atoms with Crippen molar-refractivity contribution in [1.29, 1.82) is 0 Å². The number of benzene rings is 1. The van der Waals surface area contributed by atoms with Gasteiger partial charge in [-0.05, 0) is 62.6 Å². The summed E-state index contributed by atoms with van der Waals surface area (Å²) in [5.41, 5.74) is 3.68. The van der Waals surface area contributed by atoms with Crippen molar-refractivity contribution < 1.29 is 4.79 Å². The number of nitrogens with one attached hydrogen (secondary N) is 1. The zero-order valence-electron chi connectivity index (χ0n) is 16.8. The predicted octanol–water partition coefficient (Wildman–Crippen LogP) is 4.82. The van der Waals surface area contributed by atoms with Gasteiger partial charge >= 0.3 is 0 Å². The Labute approximate surface area is 166 Å². The molecule has 2 aliphatic rings. The number of amides is 1. The molecule has 27 heavy (non-hydrogen) atoms. The van der Waals surface area contributed by atoms with Crippen LogP contribution in [0.15, 0.2) is 12.1 Å². The molecule has 0 spiro atoms. The van der Waals surface area contributed by atoms with Gasteiger partial charge in [-0.2, -0.15) is 0 Å². The summed E-state index contributed by atoms with van der Waals surface area (Å²) in [7, 11) is 0. The smallest absolute Gasteiger partial charge is 0.223 e. The summed E-state index contributed by atoms with van der Waals surface area (Å²) in [4.78, 5) is 20.0. The molecule has 1 saturated heterocycles. The molecule has 2 heterocycles. The Bertz CT molecular complexity index is 822. The zero-order valence-corrected chi connectivity index (χ0v) is 17.6. The Morgan fingerprint density at radius 3 is 2.63 bits per heavy atom. The molecule has 1 saturated carbocycles. The first-order valence-corrected chi connectivity index (χ1v) is 11.3. The molecule has 1 aliphatic heterocycles. The molecule has 1 N–H and O–H groups in total. The molecule has 2 atom stereocenters. The number of carbonyl (C=O) groups is 1. The average Bonchev–Trinajstić information content (AvgIpc) is 3.08. The Hall–Kier alpha value is -1.62. The number of hydrogen-bond donors (Lipinski definition) is 1. The first kappa shape index (κ1) is 18.7. The quantitative estimate of drug-likeness (QED) is 0.823. The van der Waals surface area contributed by atoms with Crippen LogP contribution in [0.3, 0.4) is 0 Å². The third-order valence-corrected chi connectivity index (χ3v) is 7.46. The van der Waals surface area contributed by atoms with Gasteiger partial charge in [0.05, 0.1) is 10.2 Å². The van der Waals surface area contributed by atoms with Crippen molar-refractivity contribution in [2.24, 2.45) is 11.8 Å². The molecule has 1 aromatic heterocycles. The number of hydrogen-bond acceptors (Lipinski definition) is 4. The highest BCUT2D eigenvalue weighted by molar-refractivity contribution is 7.22. The van der Waals surface area contributed by atoms with Crippen molar-refractivity contribution in [2.75, 3.05) is 18.0 Å². The van der Waals surface area contributed by atoms with Crippen LogP contribution in [-0.4, -0.2) is 30.0 Å². The molecule has 2 fully saturated rings. The highest BCUT2D eigenvalue weighted by Crippen LogP contribution is 2.34. The van der Waals surface area contributed by atoms with Gasteiger partial charge in [-0.1, -0.05) is 37.2 Å². The maximum atomic E-state index is 12.7. The van der Waals surface area contributed by atoms with E-state index in [1.54, 1.807) is 11.3 Å². The van der Waals surface area contributed by atoms with Gasteiger partial charge in [0.1, 0.15) is 0 Å². The number of aromatic nitrogens is 1. The Kier molecular flexibility index (Phi) is 5.40. The fourth-order valence-corrected chi connectivity index (χ4v) is 5.85. The third-order valence-electron chi connectivity index (χ3n) is 6.39. The molecule has 0 bridgehead atoms. The molecule has 1 aromatic carbocycles.